The van der Waals surface area contributed by atoms with Crippen LogP contribution in [0.1, 0.15) is 5.56 Å². The largest absolute Gasteiger partial charge is 0.0843 e. The third-order valence-corrected chi connectivity index (χ3v) is 2.97. The molecule has 0 heterocycles. The molecule has 0 saturated carbocycles. The smallest absolute Gasteiger partial charge is 0.0565 e. The molecule has 54 valence electrons. The summed E-state index contributed by atoms with van der Waals surface area (Å²) >= 11 is 14.8. The molecule has 1 aromatic rings. The van der Waals surface area contributed by atoms with Crippen molar-refractivity contribution in [1.82, 2.24) is 0 Å². The molecule has 0 fully saturated rings. The Morgan fingerprint density at radius 3 is 2.40 bits per heavy atom. The maximum atomic E-state index is 5.79. The molecule has 1 rings (SSSR count). The predicted molar refractivity (Wildman–Crippen MR) is 48.9 cm³/mol. The van der Waals surface area contributed by atoms with E-state index in [2.05, 4.69) is 15.9 Å². The zero-order valence-electron chi connectivity index (χ0n) is 5.29. The van der Waals surface area contributed by atoms with Crippen LogP contribution in [-0.4, -0.2) is 0 Å². The Balaban J connectivity index is 3.31. The quantitative estimate of drug-likeness (QED) is 0.599. The summed E-state index contributed by atoms with van der Waals surface area (Å²) in [5.74, 6) is 0. The molecule has 0 spiro atoms. The van der Waals surface area contributed by atoms with E-state index in [1.54, 1.807) is 6.07 Å². The first-order valence-corrected chi connectivity index (χ1v) is 4.27. The average Bonchev–Trinajstić information content (AvgIpc) is 1.82. The topological polar surface area (TPSA) is 0 Å². The van der Waals surface area contributed by atoms with Gasteiger partial charge >= 0.3 is 0 Å². The van der Waals surface area contributed by atoms with Crippen molar-refractivity contribution >= 4 is 39.1 Å². The van der Waals surface area contributed by atoms with Crippen molar-refractivity contribution in [3.8, 4) is 0 Å². The van der Waals surface area contributed by atoms with Gasteiger partial charge in [0.2, 0.25) is 0 Å². The van der Waals surface area contributed by atoms with Crippen LogP contribution in [0.15, 0.2) is 16.6 Å². The number of halogens is 3. The Labute approximate surface area is 78.3 Å². The van der Waals surface area contributed by atoms with Crippen LogP contribution in [0.4, 0.5) is 0 Å². The summed E-state index contributed by atoms with van der Waals surface area (Å²) in [6, 6.07) is 3.57. The van der Waals surface area contributed by atoms with Gasteiger partial charge in [-0.25, -0.2) is 0 Å². The lowest BCUT2D eigenvalue weighted by Crippen LogP contribution is -1.76. The first kappa shape index (κ1) is 8.38. The fourth-order valence-corrected chi connectivity index (χ4v) is 1.51. The summed E-state index contributed by atoms with van der Waals surface area (Å²) in [5, 5.41) is 1.33. The monoisotopic (exact) mass is 238 g/mol. The van der Waals surface area contributed by atoms with E-state index in [1.807, 2.05) is 13.0 Å². The number of rotatable bonds is 0. The normalized spacial score (nSPS) is 10.0. The zero-order valence-corrected chi connectivity index (χ0v) is 8.39. The Morgan fingerprint density at radius 2 is 1.90 bits per heavy atom. The molecule has 0 unspecified atom stereocenters. The van der Waals surface area contributed by atoms with Crippen LogP contribution < -0.4 is 0 Å². The Morgan fingerprint density at radius 1 is 1.30 bits per heavy atom. The van der Waals surface area contributed by atoms with Crippen LogP contribution >= 0.6 is 39.1 Å². The van der Waals surface area contributed by atoms with E-state index < -0.39 is 0 Å². The van der Waals surface area contributed by atoms with Gasteiger partial charge in [-0.05, 0) is 40.5 Å². The summed E-state index contributed by atoms with van der Waals surface area (Å²) < 4.78 is 0.915. The Hall–Kier alpha value is 0.280. The molecule has 0 bridgehead atoms. The van der Waals surface area contributed by atoms with Crippen molar-refractivity contribution in [3.63, 3.8) is 0 Å². The van der Waals surface area contributed by atoms with Gasteiger partial charge in [0.05, 0.1) is 5.02 Å². The minimum atomic E-state index is 0.657. The second-order valence-corrected chi connectivity index (χ2v) is 3.66. The first-order valence-electron chi connectivity index (χ1n) is 2.72. The molecule has 0 saturated heterocycles. The highest BCUT2D eigenvalue weighted by molar-refractivity contribution is 9.10. The van der Waals surface area contributed by atoms with Crippen molar-refractivity contribution in [3.05, 3.63) is 32.2 Å². The highest BCUT2D eigenvalue weighted by Gasteiger charge is 2.00. The molecule has 0 aromatic heterocycles. The van der Waals surface area contributed by atoms with Crippen LogP contribution in [0.25, 0.3) is 0 Å². The molecule has 0 radical (unpaired) electrons. The van der Waals surface area contributed by atoms with Crippen LogP contribution in [0.5, 0.6) is 0 Å². The van der Waals surface area contributed by atoms with Crippen LogP contribution in [0.3, 0.4) is 0 Å². The third kappa shape index (κ3) is 1.66. The average molecular weight is 240 g/mol. The maximum Gasteiger partial charge on any atom is 0.0565 e. The van der Waals surface area contributed by atoms with Gasteiger partial charge in [0.15, 0.2) is 0 Å². The van der Waals surface area contributed by atoms with E-state index in [0.29, 0.717) is 10.0 Å². The first-order chi connectivity index (χ1) is 4.61. The second-order valence-electron chi connectivity index (χ2n) is 2.02. The standard InChI is InChI=1S/C7H5BrCl2/c1-4-2-5(9)3-6(10)7(4)8/h2-3H,1H3. The molecule has 0 aliphatic carbocycles. The van der Waals surface area contributed by atoms with Gasteiger partial charge in [-0.2, -0.15) is 0 Å². The summed E-state index contributed by atoms with van der Waals surface area (Å²) in [6.07, 6.45) is 0. The van der Waals surface area contributed by atoms with Gasteiger partial charge in [-0.1, -0.05) is 23.2 Å². The van der Waals surface area contributed by atoms with E-state index in [1.165, 1.54) is 0 Å². The molecule has 10 heavy (non-hydrogen) atoms. The highest BCUT2D eigenvalue weighted by Crippen LogP contribution is 2.29. The molecule has 0 N–H and O–H groups in total. The maximum absolute atomic E-state index is 5.79. The van der Waals surface area contributed by atoms with Crippen molar-refractivity contribution in [2.75, 3.05) is 0 Å². The fraction of sp³-hybridized carbons (Fsp3) is 0.143. The number of hydrogen-bond donors (Lipinski definition) is 0. The summed E-state index contributed by atoms with van der Waals surface area (Å²) in [7, 11) is 0. The van der Waals surface area contributed by atoms with Crippen molar-refractivity contribution < 1.29 is 0 Å². The third-order valence-electron chi connectivity index (χ3n) is 1.17. The van der Waals surface area contributed by atoms with Crippen LogP contribution in [-0.2, 0) is 0 Å². The lowest BCUT2D eigenvalue weighted by Gasteiger charge is -2.00. The minimum Gasteiger partial charge on any atom is -0.0843 e. The molecule has 0 aliphatic rings. The molecule has 0 atom stereocenters. The van der Waals surface area contributed by atoms with E-state index in [9.17, 15) is 0 Å². The fourth-order valence-electron chi connectivity index (χ4n) is 0.685. The minimum absolute atomic E-state index is 0.657. The van der Waals surface area contributed by atoms with Gasteiger partial charge in [-0.15, -0.1) is 0 Å². The number of hydrogen-bond acceptors (Lipinski definition) is 0. The number of aryl methyl sites for hydroxylation is 1. The lowest BCUT2D eigenvalue weighted by molar-refractivity contribution is 1.43. The molecule has 3 heteroatoms. The summed E-state index contributed by atoms with van der Waals surface area (Å²) in [5.41, 5.74) is 1.05. The van der Waals surface area contributed by atoms with E-state index in [0.717, 1.165) is 10.0 Å². The lowest BCUT2D eigenvalue weighted by atomic mass is 10.2. The summed E-state index contributed by atoms with van der Waals surface area (Å²) in [4.78, 5) is 0. The van der Waals surface area contributed by atoms with Gasteiger partial charge in [-0.3, -0.25) is 0 Å². The molecule has 1 aromatic carbocycles. The van der Waals surface area contributed by atoms with Gasteiger partial charge in [0.25, 0.3) is 0 Å². The molecule has 0 nitrogen and oxygen atoms in total. The van der Waals surface area contributed by atoms with E-state index >= 15 is 0 Å². The van der Waals surface area contributed by atoms with Crippen LogP contribution in [0, 0.1) is 6.92 Å². The second kappa shape index (κ2) is 3.12. The molecular weight excluding hydrogens is 235 g/mol. The van der Waals surface area contributed by atoms with Gasteiger partial charge in [0, 0.05) is 9.50 Å². The van der Waals surface area contributed by atoms with Crippen molar-refractivity contribution in [1.29, 1.82) is 0 Å². The number of benzene rings is 1. The SMILES string of the molecule is Cc1cc(Cl)cc(Cl)c1Br. The van der Waals surface area contributed by atoms with E-state index in [4.69, 9.17) is 23.2 Å². The Bertz CT molecular complexity index is 235. The highest BCUT2D eigenvalue weighted by atomic mass is 79.9. The van der Waals surface area contributed by atoms with E-state index in [-0.39, 0.29) is 0 Å². The van der Waals surface area contributed by atoms with Crippen LogP contribution in [0.2, 0.25) is 10.0 Å². The molecular formula is C7H5BrCl2. The van der Waals surface area contributed by atoms with Crippen molar-refractivity contribution in [2.24, 2.45) is 0 Å². The summed E-state index contributed by atoms with van der Waals surface area (Å²) in [6.45, 7) is 1.95. The van der Waals surface area contributed by atoms with Gasteiger partial charge in [0.1, 0.15) is 0 Å². The predicted octanol–water partition coefficient (Wildman–Crippen LogP) is 4.06. The Kier molecular flexibility index (Phi) is 2.61. The van der Waals surface area contributed by atoms with Gasteiger partial charge < -0.3 is 0 Å². The molecule has 0 aliphatic heterocycles. The van der Waals surface area contributed by atoms with Crippen molar-refractivity contribution in [2.45, 2.75) is 6.92 Å². The zero-order chi connectivity index (χ0) is 7.72. The molecule has 0 amide bonds.